The van der Waals surface area contributed by atoms with Crippen LogP contribution in [0.1, 0.15) is 0 Å². The van der Waals surface area contributed by atoms with Gasteiger partial charge in [0.05, 0.1) is 13.2 Å². The summed E-state index contributed by atoms with van der Waals surface area (Å²) in [6.07, 6.45) is 0. The van der Waals surface area contributed by atoms with E-state index in [1.54, 1.807) is 0 Å². The zero-order valence-corrected chi connectivity index (χ0v) is 9.02. The van der Waals surface area contributed by atoms with E-state index >= 15 is 0 Å². The molecule has 7 heteroatoms. The second-order valence-corrected chi connectivity index (χ2v) is 3.56. The van der Waals surface area contributed by atoms with Gasteiger partial charge in [0.25, 0.3) is 0 Å². The van der Waals surface area contributed by atoms with Crippen LogP contribution in [0.15, 0.2) is 0 Å². The first-order valence-electron chi connectivity index (χ1n) is 5.17. The summed E-state index contributed by atoms with van der Waals surface area (Å²) in [5.74, 6) is -1.97. The average Bonchev–Trinajstić information content (AvgIpc) is 2.29. The highest BCUT2D eigenvalue weighted by molar-refractivity contribution is 6.00. The molecule has 1 rings (SSSR count). The Kier molecular flexibility index (Phi) is 5.17. The smallest absolute Gasteiger partial charge is 0.330 e. The van der Waals surface area contributed by atoms with E-state index in [-0.39, 0.29) is 0 Å². The van der Waals surface area contributed by atoms with Crippen LogP contribution in [0.2, 0.25) is 0 Å². The third-order valence-corrected chi connectivity index (χ3v) is 2.38. The molecule has 7 nitrogen and oxygen atoms in total. The van der Waals surface area contributed by atoms with Crippen molar-refractivity contribution in [2.75, 3.05) is 39.4 Å². The molecule has 1 amide bonds. The minimum atomic E-state index is -1.48. The molecular formula is C9H17N3O4. The minimum Gasteiger partial charge on any atom is -0.480 e. The molecule has 0 spiro atoms. The molecule has 0 aromatic carbocycles. The number of amides is 1. The number of carboxylic acid groups (broad SMARTS) is 1. The van der Waals surface area contributed by atoms with Crippen molar-refractivity contribution in [2.24, 2.45) is 5.73 Å². The number of hydrogen-bond acceptors (Lipinski definition) is 5. The monoisotopic (exact) mass is 231 g/mol. The lowest BCUT2D eigenvalue weighted by atomic mass is 10.3. The molecule has 4 N–H and O–H groups in total. The Morgan fingerprint density at radius 2 is 2.06 bits per heavy atom. The van der Waals surface area contributed by atoms with Crippen molar-refractivity contribution in [3.63, 3.8) is 0 Å². The molecule has 0 aromatic rings. The molecule has 1 fully saturated rings. The van der Waals surface area contributed by atoms with Gasteiger partial charge >= 0.3 is 5.97 Å². The van der Waals surface area contributed by atoms with Crippen molar-refractivity contribution in [1.29, 1.82) is 0 Å². The summed E-state index contributed by atoms with van der Waals surface area (Å²) in [7, 11) is 0. The predicted octanol–water partition coefficient (Wildman–Crippen LogP) is -2.15. The van der Waals surface area contributed by atoms with Gasteiger partial charge in [-0.2, -0.15) is 0 Å². The predicted molar refractivity (Wildman–Crippen MR) is 55.9 cm³/mol. The first-order valence-corrected chi connectivity index (χ1v) is 5.17. The molecule has 1 aliphatic heterocycles. The fourth-order valence-electron chi connectivity index (χ4n) is 1.38. The summed E-state index contributed by atoms with van der Waals surface area (Å²) in [6.45, 7) is 4.15. The topological polar surface area (TPSA) is 105 Å². The largest absolute Gasteiger partial charge is 0.480 e. The molecule has 1 unspecified atom stereocenters. The van der Waals surface area contributed by atoms with Crippen molar-refractivity contribution in [3.05, 3.63) is 0 Å². The first-order chi connectivity index (χ1) is 7.61. The summed E-state index contributed by atoms with van der Waals surface area (Å²) in [5, 5.41) is 11.0. The van der Waals surface area contributed by atoms with Gasteiger partial charge in [-0.1, -0.05) is 0 Å². The highest BCUT2D eigenvalue weighted by Gasteiger charge is 2.20. The number of carbonyl (C=O) groups is 2. The van der Waals surface area contributed by atoms with Crippen LogP contribution >= 0.6 is 0 Å². The summed E-state index contributed by atoms with van der Waals surface area (Å²) < 4.78 is 5.17. The Hall–Kier alpha value is -1.18. The molecule has 1 aliphatic rings. The van der Waals surface area contributed by atoms with Gasteiger partial charge in [-0.3, -0.25) is 9.69 Å². The molecule has 92 valence electrons. The van der Waals surface area contributed by atoms with Crippen LogP contribution in [0.4, 0.5) is 0 Å². The number of aliphatic carboxylic acids is 1. The molecular weight excluding hydrogens is 214 g/mol. The van der Waals surface area contributed by atoms with Crippen LogP contribution in [0.3, 0.4) is 0 Å². The van der Waals surface area contributed by atoms with E-state index in [2.05, 4.69) is 10.2 Å². The number of carboxylic acids is 1. The quantitative estimate of drug-likeness (QED) is 0.466. The summed E-state index contributed by atoms with van der Waals surface area (Å²) in [6, 6.07) is -1.48. The molecule has 0 aromatic heterocycles. The van der Waals surface area contributed by atoms with Crippen molar-refractivity contribution in [2.45, 2.75) is 6.04 Å². The van der Waals surface area contributed by atoms with Crippen LogP contribution in [0.25, 0.3) is 0 Å². The Labute approximate surface area is 93.5 Å². The lowest BCUT2D eigenvalue weighted by Crippen LogP contribution is -2.48. The Morgan fingerprint density at radius 3 is 2.62 bits per heavy atom. The summed E-state index contributed by atoms with van der Waals surface area (Å²) in [5.41, 5.74) is 5.13. The maximum Gasteiger partial charge on any atom is 0.330 e. The highest BCUT2D eigenvalue weighted by atomic mass is 16.5. The number of hydrogen-bond donors (Lipinski definition) is 3. The zero-order valence-electron chi connectivity index (χ0n) is 9.02. The van der Waals surface area contributed by atoms with Gasteiger partial charge in [0.2, 0.25) is 5.91 Å². The number of rotatable bonds is 5. The maximum absolute atomic E-state index is 11.2. The minimum absolute atomic E-state index is 0.403. The second-order valence-electron chi connectivity index (χ2n) is 3.56. The molecule has 0 saturated carbocycles. The SMILES string of the molecule is NC(C(=O)O)C(=O)NCCN1CCOCC1. The van der Waals surface area contributed by atoms with Gasteiger partial charge < -0.3 is 20.9 Å². The standard InChI is InChI=1S/C9H17N3O4/c10-7(9(14)15)8(13)11-1-2-12-3-5-16-6-4-12/h7H,1-6,10H2,(H,11,13)(H,14,15). The molecule has 16 heavy (non-hydrogen) atoms. The molecule has 1 heterocycles. The fraction of sp³-hybridized carbons (Fsp3) is 0.778. The van der Waals surface area contributed by atoms with E-state index in [0.717, 1.165) is 13.1 Å². The number of nitrogens with one attached hydrogen (secondary N) is 1. The molecule has 1 atom stereocenters. The number of nitrogens with zero attached hydrogens (tertiary/aromatic N) is 1. The van der Waals surface area contributed by atoms with Gasteiger partial charge in [-0.05, 0) is 0 Å². The van der Waals surface area contributed by atoms with Crippen molar-refractivity contribution in [1.82, 2.24) is 10.2 Å². The van der Waals surface area contributed by atoms with E-state index < -0.39 is 17.9 Å². The van der Waals surface area contributed by atoms with E-state index in [0.29, 0.717) is 26.3 Å². The zero-order chi connectivity index (χ0) is 12.0. The van der Waals surface area contributed by atoms with E-state index in [1.165, 1.54) is 0 Å². The van der Waals surface area contributed by atoms with Gasteiger partial charge in [0.1, 0.15) is 0 Å². The van der Waals surface area contributed by atoms with E-state index in [1.807, 2.05) is 0 Å². The Balaban J connectivity index is 2.14. The summed E-state index contributed by atoms with van der Waals surface area (Å²) in [4.78, 5) is 23.7. The summed E-state index contributed by atoms with van der Waals surface area (Å²) >= 11 is 0. The van der Waals surface area contributed by atoms with Gasteiger partial charge in [-0.25, -0.2) is 4.79 Å². The number of morpholine rings is 1. The Bertz CT molecular complexity index is 253. The number of nitrogens with two attached hydrogens (primary N) is 1. The van der Waals surface area contributed by atoms with Crippen LogP contribution in [0, 0.1) is 0 Å². The highest BCUT2D eigenvalue weighted by Crippen LogP contribution is 1.94. The molecule has 0 bridgehead atoms. The van der Waals surface area contributed by atoms with Gasteiger partial charge in [-0.15, -0.1) is 0 Å². The van der Waals surface area contributed by atoms with Crippen molar-refractivity contribution >= 4 is 11.9 Å². The van der Waals surface area contributed by atoms with Crippen LogP contribution in [-0.4, -0.2) is 67.3 Å². The lowest BCUT2D eigenvalue weighted by Gasteiger charge is -2.26. The molecule has 0 aliphatic carbocycles. The van der Waals surface area contributed by atoms with Crippen molar-refractivity contribution in [3.8, 4) is 0 Å². The van der Waals surface area contributed by atoms with Crippen LogP contribution in [-0.2, 0) is 14.3 Å². The average molecular weight is 231 g/mol. The van der Waals surface area contributed by atoms with Gasteiger partial charge in [0.15, 0.2) is 6.04 Å². The Morgan fingerprint density at radius 1 is 1.44 bits per heavy atom. The molecule has 0 radical (unpaired) electrons. The van der Waals surface area contributed by atoms with Crippen LogP contribution < -0.4 is 11.1 Å². The maximum atomic E-state index is 11.2. The second kappa shape index (κ2) is 6.41. The van der Waals surface area contributed by atoms with Gasteiger partial charge in [0, 0.05) is 26.2 Å². The number of ether oxygens (including phenoxy) is 1. The molecule has 1 saturated heterocycles. The fourth-order valence-corrected chi connectivity index (χ4v) is 1.38. The third kappa shape index (κ3) is 4.13. The van der Waals surface area contributed by atoms with E-state index in [4.69, 9.17) is 15.6 Å². The third-order valence-electron chi connectivity index (χ3n) is 2.38. The van der Waals surface area contributed by atoms with Crippen molar-refractivity contribution < 1.29 is 19.4 Å². The van der Waals surface area contributed by atoms with E-state index in [9.17, 15) is 9.59 Å². The lowest BCUT2D eigenvalue weighted by molar-refractivity contribution is -0.142. The van der Waals surface area contributed by atoms with Crippen LogP contribution in [0.5, 0.6) is 0 Å². The first kappa shape index (κ1) is 12.9. The normalized spacial score (nSPS) is 19.1. The number of carbonyl (C=O) groups excluding carboxylic acids is 1.